The first-order valence-electron chi connectivity index (χ1n) is 8.47. The lowest BCUT2D eigenvalue weighted by atomic mass is 10.0. The highest BCUT2D eigenvalue weighted by Gasteiger charge is 2.12. The summed E-state index contributed by atoms with van der Waals surface area (Å²) in [6, 6.07) is 9.56. The molecule has 140 valence electrons. The first kappa shape index (κ1) is 19.4. The van der Waals surface area contributed by atoms with Crippen molar-refractivity contribution in [3.8, 4) is 0 Å². The van der Waals surface area contributed by atoms with Crippen LogP contribution in [0, 0.1) is 20.8 Å². The summed E-state index contributed by atoms with van der Waals surface area (Å²) in [4.78, 5) is 9.67. The fourth-order valence-corrected chi connectivity index (χ4v) is 3.48. The summed E-state index contributed by atoms with van der Waals surface area (Å²) in [5.74, 6) is 0. The van der Waals surface area contributed by atoms with Gasteiger partial charge in [-0.25, -0.2) is 9.67 Å². The Morgan fingerprint density at radius 2 is 1.85 bits per heavy atom. The number of hydrogen-bond acceptors (Lipinski definition) is 4. The van der Waals surface area contributed by atoms with Crippen molar-refractivity contribution in [1.29, 1.82) is 0 Å². The summed E-state index contributed by atoms with van der Waals surface area (Å²) in [5.41, 5.74) is 6.12. The van der Waals surface area contributed by atoms with E-state index in [0.29, 0.717) is 28.9 Å². The van der Waals surface area contributed by atoms with Crippen LogP contribution < -0.4 is 0 Å². The van der Waals surface area contributed by atoms with Gasteiger partial charge in [0.2, 0.25) is 0 Å². The van der Waals surface area contributed by atoms with Gasteiger partial charge in [-0.1, -0.05) is 46.1 Å². The second kappa shape index (κ2) is 8.55. The Bertz CT molecular complexity index is 945. The Balaban J connectivity index is 1.86. The predicted molar refractivity (Wildman–Crippen MR) is 108 cm³/mol. The quantitative estimate of drug-likeness (QED) is 0.424. The predicted octanol–water partition coefficient (Wildman–Crippen LogP) is 5.13. The van der Waals surface area contributed by atoms with E-state index < -0.39 is 0 Å². The van der Waals surface area contributed by atoms with Crippen molar-refractivity contribution < 1.29 is 4.84 Å². The first-order valence-corrected chi connectivity index (χ1v) is 9.23. The number of hydrogen-bond donors (Lipinski definition) is 0. The van der Waals surface area contributed by atoms with Gasteiger partial charge >= 0.3 is 0 Å². The molecule has 0 fully saturated rings. The largest absolute Gasteiger partial charge is 0.391 e. The van der Waals surface area contributed by atoms with E-state index in [1.807, 2.05) is 6.07 Å². The number of aryl methyl sites for hydroxylation is 3. The summed E-state index contributed by atoms with van der Waals surface area (Å²) >= 11 is 12.4. The fourth-order valence-electron chi connectivity index (χ4n) is 2.97. The van der Waals surface area contributed by atoms with E-state index in [2.05, 4.69) is 48.1 Å². The molecule has 7 heteroatoms. The van der Waals surface area contributed by atoms with Gasteiger partial charge in [-0.15, -0.1) is 0 Å². The van der Waals surface area contributed by atoms with E-state index in [0.717, 1.165) is 11.1 Å². The van der Waals surface area contributed by atoms with Crippen LogP contribution in [-0.4, -0.2) is 20.5 Å². The summed E-state index contributed by atoms with van der Waals surface area (Å²) < 4.78 is 1.66. The van der Waals surface area contributed by atoms with Gasteiger partial charge in [0.1, 0.15) is 25.0 Å². The zero-order valence-corrected chi connectivity index (χ0v) is 16.9. The lowest BCUT2D eigenvalue weighted by Gasteiger charge is -2.12. The third-order valence-corrected chi connectivity index (χ3v) is 4.79. The minimum atomic E-state index is 0.379. The molecule has 3 aromatic rings. The lowest BCUT2D eigenvalue weighted by molar-refractivity contribution is 0.129. The highest BCUT2D eigenvalue weighted by Crippen LogP contribution is 2.23. The Hall–Kier alpha value is -2.37. The molecule has 3 rings (SSSR count). The zero-order chi connectivity index (χ0) is 19.4. The van der Waals surface area contributed by atoms with Gasteiger partial charge in [0.15, 0.2) is 0 Å². The molecule has 1 aromatic heterocycles. The van der Waals surface area contributed by atoms with Gasteiger partial charge in [0, 0.05) is 10.6 Å². The van der Waals surface area contributed by atoms with Crippen molar-refractivity contribution in [2.75, 3.05) is 0 Å². The van der Waals surface area contributed by atoms with E-state index in [1.165, 1.54) is 23.0 Å². The van der Waals surface area contributed by atoms with Crippen LogP contribution in [0.25, 0.3) is 0 Å². The van der Waals surface area contributed by atoms with Crippen LogP contribution in [0.4, 0.5) is 0 Å². The molecule has 0 unspecified atom stereocenters. The van der Waals surface area contributed by atoms with Crippen LogP contribution in [0.2, 0.25) is 10.0 Å². The van der Waals surface area contributed by atoms with Crippen LogP contribution in [-0.2, 0) is 18.0 Å². The van der Waals surface area contributed by atoms with Crippen LogP contribution in [0.5, 0.6) is 0 Å². The van der Waals surface area contributed by atoms with Crippen molar-refractivity contribution in [3.63, 3.8) is 0 Å². The minimum absolute atomic E-state index is 0.379. The molecule has 0 saturated carbocycles. The van der Waals surface area contributed by atoms with Crippen molar-refractivity contribution in [3.05, 3.63) is 80.8 Å². The van der Waals surface area contributed by atoms with E-state index in [9.17, 15) is 0 Å². The number of rotatable bonds is 6. The average Bonchev–Trinajstić information content (AvgIpc) is 3.09. The molecule has 2 aromatic carbocycles. The van der Waals surface area contributed by atoms with Crippen LogP contribution in [0.1, 0.15) is 27.8 Å². The van der Waals surface area contributed by atoms with Crippen molar-refractivity contribution in [2.24, 2.45) is 5.16 Å². The fraction of sp³-hybridized carbons (Fsp3) is 0.250. The lowest BCUT2D eigenvalue weighted by Crippen LogP contribution is -2.13. The number of nitrogens with zero attached hydrogens (tertiary/aromatic N) is 4. The molecule has 0 amide bonds. The molecule has 27 heavy (non-hydrogen) atoms. The van der Waals surface area contributed by atoms with Gasteiger partial charge in [-0.2, -0.15) is 5.10 Å². The average molecular weight is 403 g/mol. The summed E-state index contributed by atoms with van der Waals surface area (Å²) in [7, 11) is 0. The van der Waals surface area contributed by atoms with E-state index in [-0.39, 0.29) is 0 Å². The van der Waals surface area contributed by atoms with Crippen molar-refractivity contribution in [2.45, 2.75) is 33.9 Å². The van der Waals surface area contributed by atoms with Crippen molar-refractivity contribution >= 4 is 28.9 Å². The molecule has 0 radical (unpaired) electrons. The molecule has 0 saturated heterocycles. The number of aromatic nitrogens is 3. The standard InChI is InChI=1S/C20H20Cl2N4O/c1-13-6-14(2)18(15(3)7-13)10-27-25-20(9-26-12-23-11-24-26)17-5-4-16(21)8-19(17)22/h4-8,11-12H,9-10H2,1-3H3. The maximum atomic E-state index is 6.36. The monoisotopic (exact) mass is 402 g/mol. The maximum Gasteiger partial charge on any atom is 0.142 e. The second-order valence-electron chi connectivity index (χ2n) is 6.41. The van der Waals surface area contributed by atoms with Gasteiger partial charge in [0.25, 0.3) is 0 Å². The van der Waals surface area contributed by atoms with Gasteiger partial charge in [-0.05, 0) is 55.7 Å². The van der Waals surface area contributed by atoms with Crippen LogP contribution in [0.15, 0.2) is 48.1 Å². The van der Waals surface area contributed by atoms with Gasteiger partial charge in [-0.3, -0.25) is 0 Å². The van der Waals surface area contributed by atoms with Gasteiger partial charge in [0.05, 0.1) is 11.6 Å². The van der Waals surface area contributed by atoms with Crippen LogP contribution >= 0.6 is 23.2 Å². The molecule has 0 N–H and O–H groups in total. The summed E-state index contributed by atoms with van der Waals surface area (Å²) in [5, 5.41) is 9.57. The molecular formula is C20H20Cl2N4O. The van der Waals surface area contributed by atoms with E-state index >= 15 is 0 Å². The molecular weight excluding hydrogens is 383 g/mol. The third-order valence-electron chi connectivity index (χ3n) is 4.24. The zero-order valence-electron chi connectivity index (χ0n) is 15.4. The molecule has 0 aliphatic rings. The van der Waals surface area contributed by atoms with Crippen molar-refractivity contribution in [1.82, 2.24) is 14.8 Å². The van der Waals surface area contributed by atoms with E-state index in [4.69, 9.17) is 28.0 Å². The minimum Gasteiger partial charge on any atom is -0.391 e. The Morgan fingerprint density at radius 1 is 1.11 bits per heavy atom. The topological polar surface area (TPSA) is 52.3 Å². The summed E-state index contributed by atoms with van der Waals surface area (Å²) in [6.07, 6.45) is 3.09. The molecule has 5 nitrogen and oxygen atoms in total. The number of oxime groups is 1. The SMILES string of the molecule is Cc1cc(C)c(CON=C(Cn2cncn2)c2ccc(Cl)cc2Cl)c(C)c1. The normalized spacial score (nSPS) is 11.7. The maximum absolute atomic E-state index is 6.36. The highest BCUT2D eigenvalue weighted by molar-refractivity contribution is 6.37. The second-order valence-corrected chi connectivity index (χ2v) is 7.25. The Kier molecular flexibility index (Phi) is 6.14. The molecule has 0 aliphatic heterocycles. The van der Waals surface area contributed by atoms with Crippen LogP contribution in [0.3, 0.4) is 0 Å². The number of benzene rings is 2. The Labute approximate surface area is 168 Å². The number of halogens is 2. The Morgan fingerprint density at radius 3 is 2.48 bits per heavy atom. The van der Waals surface area contributed by atoms with E-state index in [1.54, 1.807) is 23.1 Å². The third kappa shape index (κ3) is 4.87. The molecule has 0 atom stereocenters. The molecule has 0 spiro atoms. The molecule has 1 heterocycles. The first-order chi connectivity index (χ1) is 12.9. The molecule has 0 aliphatic carbocycles. The molecule has 0 bridgehead atoms. The smallest absolute Gasteiger partial charge is 0.142 e. The van der Waals surface area contributed by atoms with Gasteiger partial charge < -0.3 is 4.84 Å². The summed E-state index contributed by atoms with van der Waals surface area (Å²) in [6.45, 7) is 7.00. The highest BCUT2D eigenvalue weighted by atomic mass is 35.5.